The summed E-state index contributed by atoms with van der Waals surface area (Å²) in [4.78, 5) is 25.2. The number of ether oxygens (including phenoxy) is 2. The average Bonchev–Trinajstić information content (AvgIpc) is 2.73. The SMILES string of the molecule is O=C1CC(c2ccc(O)cc2)c2c(cc3c(c2O)C(=O)CC(c2ccccc2)O3)O1. The van der Waals surface area contributed by atoms with Crippen LogP contribution >= 0.6 is 0 Å². The Balaban J connectivity index is 1.61. The number of hydrogen-bond acceptors (Lipinski definition) is 6. The molecule has 0 fully saturated rings. The van der Waals surface area contributed by atoms with E-state index >= 15 is 0 Å². The van der Waals surface area contributed by atoms with Crippen molar-refractivity contribution in [2.45, 2.75) is 24.9 Å². The Morgan fingerprint density at radius 2 is 1.57 bits per heavy atom. The summed E-state index contributed by atoms with van der Waals surface area (Å²) in [5, 5.41) is 20.6. The number of esters is 1. The molecule has 2 N–H and O–H groups in total. The topological polar surface area (TPSA) is 93.1 Å². The van der Waals surface area contributed by atoms with Crippen molar-refractivity contribution < 1.29 is 29.3 Å². The summed E-state index contributed by atoms with van der Waals surface area (Å²) in [6.07, 6.45) is -0.352. The van der Waals surface area contributed by atoms with Crippen LogP contribution in [0.5, 0.6) is 23.0 Å². The highest BCUT2D eigenvalue weighted by atomic mass is 16.5. The summed E-state index contributed by atoms with van der Waals surface area (Å²) >= 11 is 0. The number of aromatic hydroxyl groups is 2. The van der Waals surface area contributed by atoms with E-state index in [1.807, 2.05) is 30.3 Å². The number of ketones is 1. The first-order chi connectivity index (χ1) is 14.5. The predicted molar refractivity (Wildman–Crippen MR) is 107 cm³/mol. The van der Waals surface area contributed by atoms with Gasteiger partial charge in [0.05, 0.1) is 12.8 Å². The fourth-order valence-electron chi connectivity index (χ4n) is 4.16. The van der Waals surface area contributed by atoms with Crippen LogP contribution in [-0.4, -0.2) is 22.0 Å². The zero-order valence-corrected chi connectivity index (χ0v) is 15.9. The van der Waals surface area contributed by atoms with Gasteiger partial charge in [-0.05, 0) is 23.3 Å². The maximum Gasteiger partial charge on any atom is 0.312 e. The van der Waals surface area contributed by atoms with E-state index in [-0.39, 0.29) is 47.2 Å². The van der Waals surface area contributed by atoms with Crippen LogP contribution < -0.4 is 9.47 Å². The highest BCUT2D eigenvalue weighted by Gasteiger charge is 2.38. The van der Waals surface area contributed by atoms with Crippen LogP contribution in [-0.2, 0) is 4.79 Å². The van der Waals surface area contributed by atoms with Gasteiger partial charge in [-0.2, -0.15) is 0 Å². The Kier molecular flexibility index (Phi) is 4.20. The van der Waals surface area contributed by atoms with Gasteiger partial charge in [0, 0.05) is 17.5 Å². The molecule has 0 bridgehead atoms. The molecule has 0 aliphatic carbocycles. The van der Waals surface area contributed by atoms with E-state index in [1.54, 1.807) is 12.1 Å². The molecule has 2 atom stereocenters. The van der Waals surface area contributed by atoms with Crippen molar-refractivity contribution in [3.8, 4) is 23.0 Å². The quantitative estimate of drug-likeness (QED) is 0.492. The molecule has 5 rings (SSSR count). The fourth-order valence-corrected chi connectivity index (χ4v) is 4.16. The van der Waals surface area contributed by atoms with Gasteiger partial charge < -0.3 is 19.7 Å². The van der Waals surface area contributed by atoms with E-state index in [0.29, 0.717) is 5.56 Å². The first kappa shape index (κ1) is 18.2. The van der Waals surface area contributed by atoms with Gasteiger partial charge in [0.25, 0.3) is 0 Å². The summed E-state index contributed by atoms with van der Waals surface area (Å²) in [6, 6.07) is 17.3. The molecule has 2 aliphatic rings. The highest BCUT2D eigenvalue weighted by Crippen LogP contribution is 2.51. The lowest BCUT2D eigenvalue weighted by atomic mass is 9.83. The molecule has 0 saturated heterocycles. The monoisotopic (exact) mass is 402 g/mol. The van der Waals surface area contributed by atoms with Gasteiger partial charge in [0.2, 0.25) is 0 Å². The van der Waals surface area contributed by atoms with Gasteiger partial charge in [0.1, 0.15) is 34.7 Å². The molecule has 6 heteroatoms. The molecule has 0 aromatic heterocycles. The Morgan fingerprint density at radius 3 is 2.30 bits per heavy atom. The molecule has 0 spiro atoms. The number of rotatable bonds is 2. The number of fused-ring (bicyclic) bond motifs is 2. The average molecular weight is 402 g/mol. The van der Waals surface area contributed by atoms with Crippen molar-refractivity contribution in [1.29, 1.82) is 0 Å². The molecule has 150 valence electrons. The maximum atomic E-state index is 12.9. The summed E-state index contributed by atoms with van der Waals surface area (Å²) in [5.41, 5.74) is 2.08. The minimum atomic E-state index is -0.494. The smallest absolute Gasteiger partial charge is 0.312 e. The Bertz CT molecular complexity index is 1150. The molecule has 0 amide bonds. The lowest BCUT2D eigenvalue weighted by Gasteiger charge is -2.31. The van der Waals surface area contributed by atoms with Crippen LogP contribution in [0.25, 0.3) is 0 Å². The van der Waals surface area contributed by atoms with E-state index in [0.717, 1.165) is 11.1 Å². The van der Waals surface area contributed by atoms with Crippen LogP contribution in [0.15, 0.2) is 60.7 Å². The second-order valence-electron chi connectivity index (χ2n) is 7.48. The Labute approximate surface area is 172 Å². The van der Waals surface area contributed by atoms with E-state index < -0.39 is 18.0 Å². The Hall–Kier alpha value is -3.80. The molecule has 0 saturated carbocycles. The van der Waals surface area contributed by atoms with E-state index in [9.17, 15) is 19.8 Å². The highest BCUT2D eigenvalue weighted by molar-refractivity contribution is 6.03. The minimum Gasteiger partial charge on any atom is -0.508 e. The number of carbonyl (C=O) groups excluding carboxylic acids is 2. The third kappa shape index (κ3) is 2.97. The number of phenolic OH excluding ortho intramolecular Hbond substituents is 2. The largest absolute Gasteiger partial charge is 0.508 e. The van der Waals surface area contributed by atoms with Gasteiger partial charge in [-0.1, -0.05) is 42.5 Å². The van der Waals surface area contributed by atoms with Gasteiger partial charge in [-0.15, -0.1) is 0 Å². The van der Waals surface area contributed by atoms with Crippen LogP contribution in [0.2, 0.25) is 0 Å². The van der Waals surface area contributed by atoms with Crippen molar-refractivity contribution in [2.75, 3.05) is 0 Å². The van der Waals surface area contributed by atoms with Gasteiger partial charge >= 0.3 is 5.97 Å². The summed E-state index contributed by atoms with van der Waals surface area (Å²) in [6.45, 7) is 0. The van der Waals surface area contributed by atoms with Crippen molar-refractivity contribution in [3.05, 3.63) is 82.9 Å². The number of Topliss-reactive ketones (excluding diaryl/α,β-unsaturated/α-hetero) is 1. The molecule has 2 unspecified atom stereocenters. The molecular formula is C24H18O6. The van der Waals surface area contributed by atoms with Crippen LogP contribution in [0.1, 0.15) is 51.9 Å². The molecule has 2 aliphatic heterocycles. The number of benzene rings is 3. The zero-order chi connectivity index (χ0) is 20.8. The van der Waals surface area contributed by atoms with E-state index in [4.69, 9.17) is 9.47 Å². The second kappa shape index (κ2) is 6.91. The standard InChI is InChI=1S/C24H18O6/c25-15-8-6-13(7-9-15)16-10-21(27)30-19-12-20-23(24(28)22(16)19)17(26)11-18(29-20)14-4-2-1-3-5-14/h1-9,12,16,18,25,28H,10-11H2. The second-order valence-corrected chi connectivity index (χ2v) is 7.48. The van der Waals surface area contributed by atoms with Crippen molar-refractivity contribution in [3.63, 3.8) is 0 Å². The summed E-state index contributed by atoms with van der Waals surface area (Å²) in [7, 11) is 0. The maximum absolute atomic E-state index is 12.9. The van der Waals surface area contributed by atoms with Crippen LogP contribution in [0.3, 0.4) is 0 Å². The van der Waals surface area contributed by atoms with Gasteiger partial charge in [-0.25, -0.2) is 0 Å². The fraction of sp³-hybridized carbons (Fsp3) is 0.167. The lowest BCUT2D eigenvalue weighted by molar-refractivity contribution is -0.135. The Morgan fingerprint density at radius 1 is 0.833 bits per heavy atom. The minimum absolute atomic E-state index is 0.0197. The van der Waals surface area contributed by atoms with Gasteiger partial charge in [0.15, 0.2) is 5.78 Å². The van der Waals surface area contributed by atoms with E-state index in [1.165, 1.54) is 18.2 Å². The predicted octanol–water partition coefficient (Wildman–Crippen LogP) is 4.25. The van der Waals surface area contributed by atoms with Crippen molar-refractivity contribution in [1.82, 2.24) is 0 Å². The van der Waals surface area contributed by atoms with Crippen LogP contribution in [0.4, 0.5) is 0 Å². The number of phenols is 2. The molecule has 6 nitrogen and oxygen atoms in total. The first-order valence-corrected chi connectivity index (χ1v) is 9.65. The van der Waals surface area contributed by atoms with Crippen molar-refractivity contribution in [2.24, 2.45) is 0 Å². The zero-order valence-electron chi connectivity index (χ0n) is 15.9. The normalized spacial score (nSPS) is 20.0. The number of carbonyl (C=O) groups is 2. The molecule has 3 aromatic rings. The van der Waals surface area contributed by atoms with Gasteiger partial charge in [-0.3, -0.25) is 9.59 Å². The summed E-state index contributed by atoms with van der Waals surface area (Å²) in [5.74, 6) is -0.898. The van der Waals surface area contributed by atoms with E-state index in [2.05, 4.69) is 0 Å². The third-order valence-electron chi connectivity index (χ3n) is 5.59. The molecule has 2 heterocycles. The molecular weight excluding hydrogens is 384 g/mol. The molecule has 3 aromatic carbocycles. The summed E-state index contributed by atoms with van der Waals surface area (Å²) < 4.78 is 11.4. The van der Waals surface area contributed by atoms with Crippen molar-refractivity contribution >= 4 is 11.8 Å². The third-order valence-corrected chi connectivity index (χ3v) is 5.59. The first-order valence-electron chi connectivity index (χ1n) is 9.65. The number of hydrogen-bond donors (Lipinski definition) is 2. The van der Waals surface area contributed by atoms with Crippen LogP contribution in [0, 0.1) is 0 Å². The molecule has 0 radical (unpaired) electrons. The lowest BCUT2D eigenvalue weighted by Crippen LogP contribution is -2.25. The molecule has 30 heavy (non-hydrogen) atoms.